The van der Waals surface area contributed by atoms with Gasteiger partial charge in [-0.15, -0.1) is 11.3 Å². The number of ketones is 1. The summed E-state index contributed by atoms with van der Waals surface area (Å²) in [6, 6.07) is 14.7. The third kappa shape index (κ3) is 4.53. The topological polar surface area (TPSA) is 102 Å². The largest absolute Gasteiger partial charge is 0.333 e. The Kier molecular flexibility index (Phi) is 5.65. The fourth-order valence-electron chi connectivity index (χ4n) is 2.86. The third-order valence-corrected chi connectivity index (χ3v) is 7.37. The molecule has 4 aromatic rings. The van der Waals surface area contributed by atoms with Gasteiger partial charge in [0.05, 0.1) is 4.88 Å². The number of nitrogens with zero attached hydrogens (tertiary/aromatic N) is 2. The summed E-state index contributed by atoms with van der Waals surface area (Å²) in [6.45, 7) is 3.16. The quantitative estimate of drug-likeness (QED) is 0.374. The highest BCUT2D eigenvalue weighted by Gasteiger charge is 2.23. The molecule has 31 heavy (non-hydrogen) atoms. The Labute approximate surface area is 187 Å². The van der Waals surface area contributed by atoms with E-state index >= 15 is 0 Å². The second kappa shape index (κ2) is 8.26. The highest BCUT2D eigenvalue weighted by molar-refractivity contribution is 7.93. The van der Waals surface area contributed by atoms with Crippen LogP contribution in [0.15, 0.2) is 64.0 Å². The summed E-state index contributed by atoms with van der Waals surface area (Å²) >= 11 is 7.14. The summed E-state index contributed by atoms with van der Waals surface area (Å²) < 4.78 is 33.7. The first-order valence-electron chi connectivity index (χ1n) is 9.07. The molecule has 0 amide bonds. The molecule has 7 nitrogen and oxygen atoms in total. The van der Waals surface area contributed by atoms with E-state index in [2.05, 4.69) is 14.9 Å². The fourth-order valence-corrected chi connectivity index (χ4v) is 5.56. The van der Waals surface area contributed by atoms with Gasteiger partial charge in [-0.05, 0) is 68.4 Å². The van der Waals surface area contributed by atoms with Crippen LogP contribution in [0.1, 0.15) is 22.2 Å². The van der Waals surface area contributed by atoms with Crippen LogP contribution in [-0.4, -0.2) is 24.3 Å². The van der Waals surface area contributed by atoms with E-state index in [9.17, 15) is 13.2 Å². The van der Waals surface area contributed by atoms with E-state index in [4.69, 9.17) is 16.1 Å². The molecule has 0 radical (unpaired) electrons. The van der Waals surface area contributed by atoms with Crippen LogP contribution in [0, 0.1) is 6.92 Å². The van der Waals surface area contributed by atoms with Crippen molar-refractivity contribution in [2.45, 2.75) is 18.7 Å². The minimum atomic E-state index is -3.84. The SMILES string of the molecule is CC(=O)c1ccc(NS(=O)(=O)c2cc(-c3nc(-c4ccc(Cl)cc4)no3)sc2C)cc1. The fraction of sp³-hybridized carbons (Fsp3) is 0.0952. The predicted octanol–water partition coefficient (Wildman–Crippen LogP) is 5.43. The first-order valence-corrected chi connectivity index (χ1v) is 11.7. The van der Waals surface area contributed by atoms with E-state index in [0.717, 1.165) is 5.56 Å². The van der Waals surface area contributed by atoms with Crippen molar-refractivity contribution in [3.05, 3.63) is 70.1 Å². The molecule has 0 saturated heterocycles. The molecule has 2 heterocycles. The molecule has 0 unspecified atom stereocenters. The molecular weight excluding hydrogens is 458 g/mol. The van der Waals surface area contributed by atoms with Crippen molar-refractivity contribution in [3.8, 4) is 22.2 Å². The maximum absolute atomic E-state index is 12.9. The van der Waals surface area contributed by atoms with Gasteiger partial charge in [0.25, 0.3) is 15.9 Å². The second-order valence-electron chi connectivity index (χ2n) is 6.70. The normalized spacial score (nSPS) is 11.5. The molecule has 2 aromatic heterocycles. The Balaban J connectivity index is 1.59. The molecule has 2 aromatic carbocycles. The summed E-state index contributed by atoms with van der Waals surface area (Å²) in [7, 11) is -3.84. The average Bonchev–Trinajstić information content (AvgIpc) is 3.36. The Morgan fingerprint density at radius 1 is 1.10 bits per heavy atom. The van der Waals surface area contributed by atoms with Crippen molar-refractivity contribution in [1.82, 2.24) is 10.1 Å². The van der Waals surface area contributed by atoms with E-state index in [1.54, 1.807) is 55.5 Å². The van der Waals surface area contributed by atoms with Crippen LogP contribution < -0.4 is 4.72 Å². The number of halogens is 1. The van der Waals surface area contributed by atoms with Crippen molar-refractivity contribution in [2.24, 2.45) is 0 Å². The van der Waals surface area contributed by atoms with Crippen LogP contribution >= 0.6 is 22.9 Å². The van der Waals surface area contributed by atoms with E-state index in [1.165, 1.54) is 24.3 Å². The molecule has 0 bridgehead atoms. The molecule has 0 atom stereocenters. The molecular formula is C21H16ClN3O4S2. The molecule has 158 valence electrons. The third-order valence-electron chi connectivity index (χ3n) is 4.44. The van der Waals surface area contributed by atoms with Gasteiger partial charge >= 0.3 is 0 Å². The lowest BCUT2D eigenvalue weighted by Crippen LogP contribution is -2.13. The van der Waals surface area contributed by atoms with Crippen molar-refractivity contribution in [2.75, 3.05) is 4.72 Å². The first kappa shape index (κ1) is 21.2. The highest BCUT2D eigenvalue weighted by atomic mass is 35.5. The molecule has 0 aliphatic heterocycles. The number of benzene rings is 2. The van der Waals surface area contributed by atoms with Crippen LogP contribution in [0.4, 0.5) is 5.69 Å². The number of carbonyl (C=O) groups excluding carboxylic acids is 1. The van der Waals surface area contributed by atoms with Gasteiger partial charge in [-0.25, -0.2) is 8.42 Å². The van der Waals surface area contributed by atoms with E-state index in [-0.39, 0.29) is 16.6 Å². The summed E-state index contributed by atoms with van der Waals surface area (Å²) in [5.41, 5.74) is 1.60. The summed E-state index contributed by atoms with van der Waals surface area (Å²) in [4.78, 5) is 17.0. The summed E-state index contributed by atoms with van der Waals surface area (Å²) in [6.07, 6.45) is 0. The number of aromatic nitrogens is 2. The van der Waals surface area contributed by atoms with Crippen LogP contribution in [0.5, 0.6) is 0 Å². The number of rotatable bonds is 6. The molecule has 10 heteroatoms. The van der Waals surface area contributed by atoms with Crippen molar-refractivity contribution in [1.29, 1.82) is 0 Å². The van der Waals surface area contributed by atoms with E-state index in [1.807, 2.05) is 0 Å². The van der Waals surface area contributed by atoms with Gasteiger partial charge in [-0.3, -0.25) is 9.52 Å². The van der Waals surface area contributed by atoms with Gasteiger partial charge in [-0.2, -0.15) is 4.98 Å². The standard InChI is InChI=1S/C21H16ClN3O4S2/c1-12(26)14-5-9-17(10-6-14)25-31(27,28)19-11-18(30-13(19)2)21-23-20(24-29-21)15-3-7-16(22)8-4-15/h3-11,25H,1-2H3. The number of hydrogen-bond donors (Lipinski definition) is 1. The number of carbonyl (C=O) groups is 1. The number of thiophene rings is 1. The smallest absolute Gasteiger partial charge is 0.268 e. The summed E-state index contributed by atoms with van der Waals surface area (Å²) in [5.74, 6) is 0.515. The van der Waals surface area contributed by atoms with Crippen molar-refractivity contribution in [3.63, 3.8) is 0 Å². The summed E-state index contributed by atoms with van der Waals surface area (Å²) in [5, 5.41) is 4.57. The number of hydrogen-bond acceptors (Lipinski definition) is 7. The molecule has 1 N–H and O–H groups in total. The van der Waals surface area contributed by atoms with E-state index < -0.39 is 10.0 Å². The number of anilines is 1. The van der Waals surface area contributed by atoms with Gasteiger partial charge in [0, 0.05) is 26.7 Å². The Bertz CT molecular complexity index is 1360. The molecule has 0 aliphatic rings. The lowest BCUT2D eigenvalue weighted by Gasteiger charge is -2.08. The number of nitrogens with one attached hydrogen (secondary N) is 1. The lowest BCUT2D eigenvalue weighted by atomic mass is 10.1. The van der Waals surface area contributed by atoms with Gasteiger partial charge in [-0.1, -0.05) is 16.8 Å². The Hall–Kier alpha value is -3.01. The number of Topliss-reactive ketones (excluding diaryl/α,β-unsaturated/α-hetero) is 1. The van der Waals surface area contributed by atoms with Gasteiger partial charge in [0.15, 0.2) is 5.78 Å². The van der Waals surface area contributed by atoms with Crippen molar-refractivity contribution >= 4 is 44.4 Å². The van der Waals surface area contributed by atoms with Gasteiger partial charge in [0.1, 0.15) is 4.90 Å². The highest BCUT2D eigenvalue weighted by Crippen LogP contribution is 2.34. The second-order valence-corrected chi connectivity index (χ2v) is 10.0. The maximum Gasteiger partial charge on any atom is 0.268 e. The maximum atomic E-state index is 12.9. The zero-order valence-electron chi connectivity index (χ0n) is 16.4. The number of aryl methyl sites for hydroxylation is 1. The van der Waals surface area contributed by atoms with Crippen LogP contribution in [0.25, 0.3) is 22.2 Å². The van der Waals surface area contributed by atoms with Crippen LogP contribution in [-0.2, 0) is 10.0 Å². The molecule has 0 aliphatic carbocycles. The molecule has 0 fully saturated rings. The minimum Gasteiger partial charge on any atom is -0.333 e. The molecule has 0 saturated carbocycles. The zero-order valence-corrected chi connectivity index (χ0v) is 18.8. The lowest BCUT2D eigenvalue weighted by molar-refractivity contribution is 0.101. The van der Waals surface area contributed by atoms with Gasteiger partial charge in [0.2, 0.25) is 5.82 Å². The Morgan fingerprint density at radius 3 is 2.42 bits per heavy atom. The zero-order chi connectivity index (χ0) is 22.2. The van der Waals surface area contributed by atoms with E-state index in [0.29, 0.717) is 31.9 Å². The van der Waals surface area contributed by atoms with Crippen molar-refractivity contribution < 1.29 is 17.7 Å². The number of sulfonamides is 1. The Morgan fingerprint density at radius 2 is 1.77 bits per heavy atom. The molecule has 0 spiro atoms. The minimum absolute atomic E-state index is 0.0924. The first-order chi connectivity index (χ1) is 14.7. The predicted molar refractivity (Wildman–Crippen MR) is 120 cm³/mol. The molecule has 4 rings (SSSR count). The van der Waals surface area contributed by atoms with Crippen LogP contribution in [0.2, 0.25) is 5.02 Å². The van der Waals surface area contributed by atoms with Crippen LogP contribution in [0.3, 0.4) is 0 Å². The monoisotopic (exact) mass is 473 g/mol. The van der Waals surface area contributed by atoms with Gasteiger partial charge < -0.3 is 4.52 Å². The average molecular weight is 474 g/mol.